The lowest BCUT2D eigenvalue weighted by atomic mass is 10.0. The van der Waals surface area contributed by atoms with Crippen LogP contribution in [-0.4, -0.2) is 30.5 Å². The van der Waals surface area contributed by atoms with Crippen molar-refractivity contribution < 1.29 is 4.79 Å². The molecule has 0 aromatic rings. The van der Waals surface area contributed by atoms with E-state index in [-0.39, 0.29) is 17.9 Å². The molecule has 0 radical (unpaired) electrons. The molecule has 0 spiro atoms. The Kier molecular flexibility index (Phi) is 7.01. The largest absolute Gasteiger partial charge is 0.356 e. The van der Waals surface area contributed by atoms with Crippen molar-refractivity contribution in [1.82, 2.24) is 5.32 Å². The van der Waals surface area contributed by atoms with Gasteiger partial charge in [0, 0.05) is 18.5 Å². The van der Waals surface area contributed by atoms with Gasteiger partial charge in [-0.05, 0) is 24.9 Å². The van der Waals surface area contributed by atoms with E-state index in [0.29, 0.717) is 5.92 Å². The second-order valence-corrected chi connectivity index (χ2v) is 4.86. The number of thioether (sulfide) groups is 1. The maximum absolute atomic E-state index is 11.5. The Bertz CT molecular complexity index is 174. The van der Waals surface area contributed by atoms with Crippen molar-refractivity contribution in [3.05, 3.63) is 0 Å². The molecule has 84 valence electrons. The van der Waals surface area contributed by atoms with Gasteiger partial charge in [0.2, 0.25) is 5.91 Å². The van der Waals surface area contributed by atoms with Crippen LogP contribution in [0.5, 0.6) is 0 Å². The third-order valence-corrected chi connectivity index (χ3v) is 3.18. The van der Waals surface area contributed by atoms with Crippen LogP contribution in [-0.2, 0) is 4.79 Å². The van der Waals surface area contributed by atoms with E-state index in [1.54, 1.807) is 11.8 Å². The van der Waals surface area contributed by atoms with Crippen molar-refractivity contribution >= 4 is 17.7 Å². The summed E-state index contributed by atoms with van der Waals surface area (Å²) in [6.45, 7) is 6.60. The quantitative estimate of drug-likeness (QED) is 0.701. The Morgan fingerprint density at radius 3 is 2.43 bits per heavy atom. The molecule has 3 atom stereocenters. The highest BCUT2D eigenvalue weighted by Gasteiger charge is 2.16. The van der Waals surface area contributed by atoms with Gasteiger partial charge < -0.3 is 11.1 Å². The molecule has 0 saturated carbocycles. The topological polar surface area (TPSA) is 55.1 Å². The van der Waals surface area contributed by atoms with Gasteiger partial charge in [0.25, 0.3) is 0 Å². The molecule has 3 unspecified atom stereocenters. The highest BCUT2D eigenvalue weighted by Crippen LogP contribution is 2.04. The van der Waals surface area contributed by atoms with Gasteiger partial charge in [-0.2, -0.15) is 11.8 Å². The fourth-order valence-electron chi connectivity index (χ4n) is 1.02. The number of nitrogens with two attached hydrogens (primary N) is 1. The van der Waals surface area contributed by atoms with Gasteiger partial charge in [-0.15, -0.1) is 0 Å². The molecule has 0 aliphatic carbocycles. The first kappa shape index (κ1) is 13.8. The summed E-state index contributed by atoms with van der Waals surface area (Å²) >= 11 is 1.80. The molecular weight excluding hydrogens is 196 g/mol. The molecule has 0 bridgehead atoms. The summed E-state index contributed by atoms with van der Waals surface area (Å²) in [6, 6.07) is -0.0779. The monoisotopic (exact) mass is 218 g/mol. The van der Waals surface area contributed by atoms with E-state index in [0.717, 1.165) is 12.3 Å². The number of rotatable bonds is 6. The van der Waals surface area contributed by atoms with E-state index >= 15 is 0 Å². The number of carbonyl (C=O) groups excluding carboxylic acids is 1. The normalized spacial score (nSPS) is 17.2. The standard InChI is InChI=1S/C10H22N2OS/c1-7(6-14-4)5-12-10(13)8(2)9(3)11/h7-9H,5-6,11H2,1-4H3,(H,12,13). The van der Waals surface area contributed by atoms with Crippen LogP contribution in [0.15, 0.2) is 0 Å². The average molecular weight is 218 g/mol. The second kappa shape index (κ2) is 7.12. The van der Waals surface area contributed by atoms with Gasteiger partial charge in [-0.1, -0.05) is 13.8 Å². The molecular formula is C10H22N2OS. The van der Waals surface area contributed by atoms with Crippen molar-refractivity contribution in [3.63, 3.8) is 0 Å². The van der Waals surface area contributed by atoms with Crippen LogP contribution in [0.1, 0.15) is 20.8 Å². The van der Waals surface area contributed by atoms with Crippen LogP contribution >= 0.6 is 11.8 Å². The van der Waals surface area contributed by atoms with Crippen molar-refractivity contribution in [2.24, 2.45) is 17.6 Å². The molecule has 0 rings (SSSR count). The Morgan fingerprint density at radius 1 is 1.43 bits per heavy atom. The Labute approximate surface area is 91.2 Å². The predicted octanol–water partition coefficient (Wildman–Crippen LogP) is 1.08. The molecule has 0 saturated heterocycles. The maximum Gasteiger partial charge on any atom is 0.224 e. The molecule has 14 heavy (non-hydrogen) atoms. The molecule has 0 aliphatic heterocycles. The van der Waals surface area contributed by atoms with Crippen LogP contribution in [0.25, 0.3) is 0 Å². The van der Waals surface area contributed by atoms with Gasteiger partial charge in [0.1, 0.15) is 0 Å². The lowest BCUT2D eigenvalue weighted by Crippen LogP contribution is -2.40. The van der Waals surface area contributed by atoms with Gasteiger partial charge in [0.15, 0.2) is 0 Å². The molecule has 0 fully saturated rings. The van der Waals surface area contributed by atoms with Crippen LogP contribution in [0.2, 0.25) is 0 Å². The number of carbonyl (C=O) groups is 1. The van der Waals surface area contributed by atoms with Gasteiger partial charge in [-0.3, -0.25) is 4.79 Å². The third-order valence-electron chi connectivity index (χ3n) is 2.28. The highest BCUT2D eigenvalue weighted by atomic mass is 32.2. The fourth-order valence-corrected chi connectivity index (χ4v) is 1.70. The van der Waals surface area contributed by atoms with Gasteiger partial charge >= 0.3 is 0 Å². The van der Waals surface area contributed by atoms with Crippen molar-refractivity contribution in [2.45, 2.75) is 26.8 Å². The van der Waals surface area contributed by atoms with Gasteiger partial charge in [-0.25, -0.2) is 0 Å². The minimum absolute atomic E-state index is 0.0629. The van der Waals surface area contributed by atoms with Crippen LogP contribution in [0.4, 0.5) is 0 Å². The zero-order valence-electron chi connectivity index (χ0n) is 9.54. The molecule has 4 heteroatoms. The van der Waals surface area contributed by atoms with Crippen molar-refractivity contribution in [2.75, 3.05) is 18.6 Å². The first-order valence-electron chi connectivity index (χ1n) is 5.01. The zero-order valence-corrected chi connectivity index (χ0v) is 10.4. The molecule has 0 aliphatic rings. The van der Waals surface area contributed by atoms with E-state index in [1.165, 1.54) is 0 Å². The Morgan fingerprint density at radius 2 is 2.00 bits per heavy atom. The molecule has 0 heterocycles. The molecule has 0 aromatic carbocycles. The number of hydrogen-bond donors (Lipinski definition) is 2. The van der Waals surface area contributed by atoms with Crippen LogP contribution < -0.4 is 11.1 Å². The minimum atomic E-state index is -0.100. The summed E-state index contributed by atoms with van der Waals surface area (Å²) in [5.74, 6) is 1.56. The van der Waals surface area contributed by atoms with Crippen LogP contribution in [0.3, 0.4) is 0 Å². The number of nitrogens with one attached hydrogen (secondary N) is 1. The maximum atomic E-state index is 11.5. The fraction of sp³-hybridized carbons (Fsp3) is 0.900. The first-order chi connectivity index (χ1) is 6.49. The Balaban J connectivity index is 3.73. The van der Waals surface area contributed by atoms with E-state index in [2.05, 4.69) is 18.5 Å². The van der Waals surface area contributed by atoms with E-state index in [1.807, 2.05) is 13.8 Å². The number of hydrogen-bond acceptors (Lipinski definition) is 3. The number of amides is 1. The summed E-state index contributed by atoms with van der Waals surface area (Å²) in [5, 5.41) is 2.92. The minimum Gasteiger partial charge on any atom is -0.356 e. The summed E-state index contributed by atoms with van der Waals surface area (Å²) in [6.07, 6.45) is 2.07. The molecule has 3 nitrogen and oxygen atoms in total. The first-order valence-corrected chi connectivity index (χ1v) is 6.40. The predicted molar refractivity (Wildman–Crippen MR) is 63.4 cm³/mol. The molecule has 3 N–H and O–H groups in total. The van der Waals surface area contributed by atoms with Crippen molar-refractivity contribution in [3.8, 4) is 0 Å². The van der Waals surface area contributed by atoms with E-state index < -0.39 is 0 Å². The zero-order chi connectivity index (χ0) is 11.1. The molecule has 1 amide bonds. The summed E-state index contributed by atoms with van der Waals surface area (Å²) in [7, 11) is 0. The lowest BCUT2D eigenvalue weighted by Gasteiger charge is -2.17. The SMILES string of the molecule is CSCC(C)CNC(=O)C(C)C(C)N. The summed E-state index contributed by atoms with van der Waals surface area (Å²) in [5.41, 5.74) is 5.64. The third kappa shape index (κ3) is 5.50. The lowest BCUT2D eigenvalue weighted by molar-refractivity contribution is -0.125. The summed E-state index contributed by atoms with van der Waals surface area (Å²) < 4.78 is 0. The summed E-state index contributed by atoms with van der Waals surface area (Å²) in [4.78, 5) is 11.5. The van der Waals surface area contributed by atoms with E-state index in [9.17, 15) is 4.79 Å². The van der Waals surface area contributed by atoms with E-state index in [4.69, 9.17) is 5.73 Å². The smallest absolute Gasteiger partial charge is 0.224 e. The van der Waals surface area contributed by atoms with Crippen LogP contribution in [0, 0.1) is 11.8 Å². The second-order valence-electron chi connectivity index (χ2n) is 3.95. The van der Waals surface area contributed by atoms with Crippen molar-refractivity contribution in [1.29, 1.82) is 0 Å². The average Bonchev–Trinajstić information content (AvgIpc) is 2.13. The molecule has 0 aromatic heterocycles. The highest BCUT2D eigenvalue weighted by molar-refractivity contribution is 7.98. The van der Waals surface area contributed by atoms with Gasteiger partial charge in [0.05, 0.1) is 0 Å². The Hall–Kier alpha value is -0.220.